The summed E-state index contributed by atoms with van der Waals surface area (Å²) in [6.07, 6.45) is 6.48. The number of carbonyl (C=O) groups is 3. The Kier molecular flexibility index (Phi) is 5.72. The van der Waals surface area contributed by atoms with Gasteiger partial charge in [0, 0.05) is 28.5 Å². The molecule has 3 fully saturated rings. The summed E-state index contributed by atoms with van der Waals surface area (Å²) in [6, 6.07) is 0. The van der Waals surface area contributed by atoms with Gasteiger partial charge in [0.2, 0.25) is 0 Å². The van der Waals surface area contributed by atoms with Crippen LogP contribution in [0.25, 0.3) is 0 Å². The maximum Gasteiger partial charge on any atom is 0.306 e. The van der Waals surface area contributed by atoms with Crippen molar-refractivity contribution in [2.45, 2.75) is 70.0 Å². The number of allylic oxidation sites excluding steroid dienone is 4. The lowest BCUT2D eigenvalue weighted by Crippen LogP contribution is -2.64. The summed E-state index contributed by atoms with van der Waals surface area (Å²) in [5.74, 6) is -1.31. The molecule has 8 atom stereocenters. The number of fused-ring (bicyclic) bond motifs is 5. The van der Waals surface area contributed by atoms with Crippen LogP contribution in [0.1, 0.15) is 52.9 Å². The van der Waals surface area contributed by atoms with E-state index < -0.39 is 28.5 Å². The standard InChI is InChI=1S/C24H30Cl2O5/c1-4-19(30)31-24(18(29)12-25)8-6-15-20-16(26)10-13-9-14(27)5-7-22(13,2)21(20)17(28)11-23(15,24)3/h5,7,9,15-17,20-21,28H,4,6,8,10-12H2,1-3H3/t15-,16+,17-,20+,21-,22-,23-,24+/m0/s1. The normalized spacial score (nSPS) is 45.9. The Morgan fingerprint density at radius 2 is 2.03 bits per heavy atom. The van der Waals surface area contributed by atoms with Crippen LogP contribution in [0.2, 0.25) is 0 Å². The van der Waals surface area contributed by atoms with E-state index in [0.29, 0.717) is 25.7 Å². The number of carbonyl (C=O) groups excluding carboxylic acids is 3. The third-order valence-corrected chi connectivity index (χ3v) is 9.44. The van der Waals surface area contributed by atoms with Gasteiger partial charge in [0.15, 0.2) is 17.2 Å². The van der Waals surface area contributed by atoms with Crippen LogP contribution in [-0.4, -0.2) is 45.6 Å². The minimum absolute atomic E-state index is 0.00961. The molecule has 1 N–H and O–H groups in total. The molecule has 0 bridgehead atoms. The summed E-state index contributed by atoms with van der Waals surface area (Å²) < 4.78 is 5.89. The molecule has 170 valence electrons. The highest BCUT2D eigenvalue weighted by atomic mass is 35.5. The van der Waals surface area contributed by atoms with E-state index in [1.807, 2.05) is 13.0 Å². The average Bonchev–Trinajstić information content (AvgIpc) is 3.00. The van der Waals surface area contributed by atoms with Crippen molar-refractivity contribution in [2.24, 2.45) is 28.6 Å². The van der Waals surface area contributed by atoms with Gasteiger partial charge in [-0.25, -0.2) is 0 Å². The maximum atomic E-state index is 13.1. The van der Waals surface area contributed by atoms with E-state index in [9.17, 15) is 19.5 Å². The second kappa shape index (κ2) is 7.71. The molecule has 0 aromatic carbocycles. The fourth-order valence-electron chi connectivity index (χ4n) is 7.29. The van der Waals surface area contributed by atoms with Crippen molar-refractivity contribution in [1.82, 2.24) is 0 Å². The highest BCUT2D eigenvalue weighted by Crippen LogP contribution is 2.68. The molecule has 7 heteroatoms. The van der Waals surface area contributed by atoms with Gasteiger partial charge < -0.3 is 9.84 Å². The van der Waals surface area contributed by atoms with Crippen LogP contribution >= 0.6 is 23.2 Å². The number of ketones is 2. The molecule has 0 unspecified atom stereocenters. The Morgan fingerprint density at radius 1 is 1.32 bits per heavy atom. The number of alkyl halides is 2. The van der Waals surface area contributed by atoms with E-state index in [0.717, 1.165) is 5.57 Å². The average molecular weight is 469 g/mol. The quantitative estimate of drug-likeness (QED) is 0.498. The third kappa shape index (κ3) is 3.10. The van der Waals surface area contributed by atoms with Crippen LogP contribution in [0.5, 0.6) is 0 Å². The van der Waals surface area contributed by atoms with Gasteiger partial charge in [0.05, 0.1) is 12.0 Å². The Hall–Kier alpha value is -1.17. The van der Waals surface area contributed by atoms with Gasteiger partial charge in [-0.15, -0.1) is 23.2 Å². The lowest BCUT2D eigenvalue weighted by Gasteiger charge is -2.61. The Balaban J connectivity index is 1.80. The topological polar surface area (TPSA) is 80.7 Å². The van der Waals surface area contributed by atoms with Gasteiger partial charge in [-0.2, -0.15) is 0 Å². The molecule has 4 rings (SSSR count). The number of hydrogen-bond acceptors (Lipinski definition) is 5. The number of hydrogen-bond donors (Lipinski definition) is 1. The van der Waals surface area contributed by atoms with E-state index in [4.69, 9.17) is 27.9 Å². The molecular formula is C24H30Cl2O5. The Bertz CT molecular complexity index is 881. The van der Waals surface area contributed by atoms with Crippen LogP contribution in [0, 0.1) is 28.6 Å². The van der Waals surface area contributed by atoms with Crippen LogP contribution in [0.3, 0.4) is 0 Å². The molecule has 0 aromatic rings. The summed E-state index contributed by atoms with van der Waals surface area (Å²) in [4.78, 5) is 37.5. The Labute approximate surface area is 193 Å². The first-order valence-corrected chi connectivity index (χ1v) is 12.1. The highest BCUT2D eigenvalue weighted by Gasteiger charge is 2.71. The lowest BCUT2D eigenvalue weighted by atomic mass is 9.46. The van der Waals surface area contributed by atoms with E-state index in [1.165, 1.54) is 0 Å². The first-order chi connectivity index (χ1) is 14.5. The second-order valence-electron chi connectivity index (χ2n) is 10.1. The van der Waals surface area contributed by atoms with Crippen molar-refractivity contribution in [3.63, 3.8) is 0 Å². The zero-order chi connectivity index (χ0) is 22.8. The van der Waals surface area contributed by atoms with Gasteiger partial charge in [0.1, 0.15) is 0 Å². The molecule has 4 aliphatic carbocycles. The third-order valence-electron chi connectivity index (χ3n) is 8.75. The van der Waals surface area contributed by atoms with Gasteiger partial charge in [0.25, 0.3) is 0 Å². The van der Waals surface area contributed by atoms with Crippen molar-refractivity contribution in [3.05, 3.63) is 23.8 Å². The van der Waals surface area contributed by atoms with Crippen molar-refractivity contribution in [3.8, 4) is 0 Å². The first kappa shape index (κ1) is 23.0. The van der Waals surface area contributed by atoms with Crippen molar-refractivity contribution >= 4 is 40.7 Å². The summed E-state index contributed by atoms with van der Waals surface area (Å²) in [5.41, 5.74) is -1.61. The SMILES string of the molecule is CCC(=O)O[C@@]1(C(=O)CCl)CC[C@H]2[C@H]3[C@H]([C@@H](O)C[C@@]21C)[C@@]1(C)C=CC(=O)C=C1C[C@H]3Cl. The van der Waals surface area contributed by atoms with Gasteiger partial charge in [-0.05, 0) is 49.7 Å². The highest BCUT2D eigenvalue weighted by molar-refractivity contribution is 6.29. The molecule has 0 radical (unpaired) electrons. The molecule has 0 heterocycles. The van der Waals surface area contributed by atoms with Gasteiger partial charge in [-0.1, -0.05) is 32.4 Å². The van der Waals surface area contributed by atoms with Gasteiger partial charge >= 0.3 is 5.97 Å². The molecular weight excluding hydrogens is 439 g/mol. The van der Waals surface area contributed by atoms with E-state index >= 15 is 0 Å². The zero-order valence-corrected chi connectivity index (χ0v) is 19.7. The summed E-state index contributed by atoms with van der Waals surface area (Å²) in [6.45, 7) is 5.72. The van der Waals surface area contributed by atoms with Crippen LogP contribution in [0.15, 0.2) is 23.8 Å². The van der Waals surface area contributed by atoms with Crippen LogP contribution in [0.4, 0.5) is 0 Å². The number of Topliss-reactive ketones (excluding diaryl/α,β-unsaturated/α-hetero) is 1. The molecule has 0 amide bonds. The number of aliphatic hydroxyl groups is 1. The number of esters is 1. The molecule has 0 aliphatic heterocycles. The first-order valence-electron chi connectivity index (χ1n) is 11.1. The fourth-order valence-corrected chi connectivity index (χ4v) is 8.00. The molecule has 31 heavy (non-hydrogen) atoms. The number of rotatable bonds is 4. The molecule has 0 spiro atoms. The molecule has 3 saturated carbocycles. The smallest absolute Gasteiger partial charge is 0.306 e. The summed E-state index contributed by atoms with van der Waals surface area (Å²) >= 11 is 12.9. The predicted molar refractivity (Wildman–Crippen MR) is 118 cm³/mol. The summed E-state index contributed by atoms with van der Waals surface area (Å²) in [7, 11) is 0. The predicted octanol–water partition coefficient (Wildman–Crippen LogP) is 3.98. The number of ether oxygens (including phenoxy) is 1. The second-order valence-corrected chi connectivity index (χ2v) is 10.9. The molecule has 0 saturated heterocycles. The largest absolute Gasteiger partial charge is 0.450 e. The molecule has 4 aliphatic rings. The number of halogens is 2. The number of aliphatic hydroxyl groups excluding tert-OH is 1. The molecule has 5 nitrogen and oxygen atoms in total. The van der Waals surface area contributed by atoms with E-state index in [2.05, 4.69) is 6.92 Å². The van der Waals surface area contributed by atoms with E-state index in [-0.39, 0.29) is 47.0 Å². The van der Waals surface area contributed by atoms with Crippen molar-refractivity contribution < 1.29 is 24.2 Å². The van der Waals surface area contributed by atoms with E-state index in [1.54, 1.807) is 19.1 Å². The fraction of sp³-hybridized carbons (Fsp3) is 0.708. The minimum Gasteiger partial charge on any atom is -0.450 e. The molecule has 0 aromatic heterocycles. The summed E-state index contributed by atoms with van der Waals surface area (Å²) in [5, 5.41) is 11.2. The zero-order valence-electron chi connectivity index (χ0n) is 18.2. The Morgan fingerprint density at radius 3 is 2.68 bits per heavy atom. The van der Waals surface area contributed by atoms with Crippen LogP contribution in [-0.2, 0) is 19.1 Å². The van der Waals surface area contributed by atoms with Crippen LogP contribution < -0.4 is 0 Å². The maximum absolute atomic E-state index is 13.1. The van der Waals surface area contributed by atoms with Gasteiger partial charge in [-0.3, -0.25) is 14.4 Å². The van der Waals surface area contributed by atoms with Crippen molar-refractivity contribution in [1.29, 1.82) is 0 Å². The lowest BCUT2D eigenvalue weighted by molar-refractivity contribution is -0.197. The van der Waals surface area contributed by atoms with Crippen molar-refractivity contribution in [2.75, 3.05) is 5.88 Å². The monoisotopic (exact) mass is 468 g/mol. The minimum atomic E-state index is -1.34.